The van der Waals surface area contributed by atoms with E-state index in [4.69, 9.17) is 68.0 Å². The average molecular weight is 1100 g/mol. The number of carboxylic acid groups (broad SMARTS) is 1. The number of hydrazine groups is 2. The molecule has 6 aromatic rings. The summed E-state index contributed by atoms with van der Waals surface area (Å²) in [6.45, 7) is 2.79. The third-order valence-electron chi connectivity index (χ3n) is 12.9. The van der Waals surface area contributed by atoms with Crippen LogP contribution in [0, 0.1) is 11.6 Å². The second-order valence-electron chi connectivity index (χ2n) is 17.7. The number of halogens is 4. The van der Waals surface area contributed by atoms with Gasteiger partial charge in [0.25, 0.3) is 5.91 Å². The Hall–Kier alpha value is -6.72. The van der Waals surface area contributed by atoms with Gasteiger partial charge in [0.1, 0.15) is 11.6 Å². The summed E-state index contributed by atoms with van der Waals surface area (Å²) >= 11 is 23.4. The van der Waals surface area contributed by atoms with Gasteiger partial charge in [-0.15, -0.1) is 0 Å². The van der Waals surface area contributed by atoms with Crippen molar-refractivity contribution in [3.63, 3.8) is 0 Å². The lowest BCUT2D eigenvalue weighted by Crippen LogP contribution is -2.41. The van der Waals surface area contributed by atoms with Gasteiger partial charge in [0, 0.05) is 74.6 Å². The Morgan fingerprint density at radius 3 is 1.63 bits per heavy atom. The fourth-order valence-electron chi connectivity index (χ4n) is 9.04. The Morgan fingerprint density at radius 1 is 0.680 bits per heavy atom. The number of amides is 1. The SMILES string of the molecule is NC[C@H]1CCCO1.O=C(NC[C@H]1CCCO1)c1cnc(NNC(=S)NC2c3cnccc3CCc3c(F)cccc32)c(Cl)c1.O=C(O)c1cnc(NNC(=S)NC2c3cnccc3CCc3c(F)cccc32)c(Cl)c1. The number of carbonyl (C=O) groups is 2. The van der Waals surface area contributed by atoms with Crippen LogP contribution < -0.4 is 43.4 Å². The Balaban J connectivity index is 0.000000178. The number of hydrogen-bond acceptors (Lipinski definition) is 13. The molecule has 4 aliphatic rings. The maximum Gasteiger partial charge on any atom is 0.337 e. The van der Waals surface area contributed by atoms with E-state index in [1.165, 1.54) is 43.1 Å². The summed E-state index contributed by atoms with van der Waals surface area (Å²) in [6.07, 6.45) is 16.9. The van der Waals surface area contributed by atoms with E-state index < -0.39 is 18.1 Å². The van der Waals surface area contributed by atoms with Crippen LogP contribution in [0.25, 0.3) is 0 Å². The number of aromatic carboxylic acids is 1. The molecule has 23 heteroatoms. The molecule has 2 aliphatic heterocycles. The van der Waals surface area contributed by atoms with Crippen LogP contribution in [0.5, 0.6) is 0 Å². The topological polar surface area (TPSA) is 235 Å². The van der Waals surface area contributed by atoms with E-state index in [0.29, 0.717) is 67.4 Å². The molecule has 1 amide bonds. The van der Waals surface area contributed by atoms with Gasteiger partial charge in [0.15, 0.2) is 21.9 Å². The molecule has 0 spiro atoms. The van der Waals surface area contributed by atoms with Crippen LogP contribution in [0.1, 0.15) is 103 Å². The van der Waals surface area contributed by atoms with Crippen LogP contribution >= 0.6 is 47.6 Å². The van der Waals surface area contributed by atoms with Crippen LogP contribution in [0.15, 0.2) is 97.8 Å². The first-order chi connectivity index (χ1) is 36.4. The van der Waals surface area contributed by atoms with Crippen molar-refractivity contribution in [1.29, 1.82) is 0 Å². The maximum atomic E-state index is 14.7. The average Bonchev–Trinajstić information content (AvgIpc) is 4.10. The minimum Gasteiger partial charge on any atom is -0.478 e. The zero-order chi connectivity index (χ0) is 52.8. The van der Waals surface area contributed by atoms with Crippen molar-refractivity contribution in [1.82, 2.24) is 46.7 Å². The molecule has 2 aromatic carbocycles. The van der Waals surface area contributed by atoms with Gasteiger partial charge in [-0.3, -0.25) is 36.5 Å². The number of rotatable bonds is 11. The summed E-state index contributed by atoms with van der Waals surface area (Å²) in [5.41, 5.74) is 23.8. The summed E-state index contributed by atoms with van der Waals surface area (Å²) in [5.74, 6) is -1.37. The number of nitrogens with zero attached hydrogens (tertiary/aromatic N) is 4. The highest BCUT2D eigenvalue weighted by Gasteiger charge is 2.28. The number of anilines is 2. The molecule has 10 N–H and O–H groups in total. The lowest BCUT2D eigenvalue weighted by Gasteiger charge is -2.23. The largest absolute Gasteiger partial charge is 0.478 e. The first-order valence-electron chi connectivity index (χ1n) is 24.2. The van der Waals surface area contributed by atoms with Gasteiger partial charge in [-0.25, -0.2) is 23.5 Å². The number of pyridine rings is 4. The Bertz CT molecular complexity index is 3030. The van der Waals surface area contributed by atoms with Gasteiger partial charge >= 0.3 is 5.97 Å². The number of aromatic nitrogens is 4. The standard InChI is InChI=1S/C26H26ClFN6O2S.C21H17ClFN5O2S.C5H11NO/c27-21-11-16(25(35)31-13-17-3-2-10-36-17)12-30-24(21)33-34-26(37)32-23-19-4-1-5-22(28)18(19)7-6-15-8-9-29-14-20(15)23;22-16-8-12(20(29)30)9-25-19(16)27-28-21(31)26-18-14-2-1-3-17(23)13(14)5-4-11-6-7-24-10-15(11)18;6-4-5-2-1-3-7-5/h1,4-5,8-9,11-12,14,17,23H,2-3,6-7,10,13H2,(H,30,33)(H,31,35)(H2,32,34,37);1-3,6-10,18H,4-5H2,(H,25,27)(H,29,30)(H2,26,28,31);5H,1-4,6H2/t17-,23?;;5-/m1.1/s1. The van der Waals surface area contributed by atoms with Crippen molar-refractivity contribution in [2.24, 2.45) is 5.73 Å². The smallest absolute Gasteiger partial charge is 0.337 e. The number of thiocarbonyl (C=S) groups is 2. The van der Waals surface area contributed by atoms with Crippen LogP contribution in [-0.4, -0.2) is 85.7 Å². The number of nitrogens with two attached hydrogens (primary N) is 1. The first kappa shape index (κ1) is 54.5. The third kappa shape index (κ3) is 14.2. The summed E-state index contributed by atoms with van der Waals surface area (Å²) in [6, 6.07) is 16.0. The summed E-state index contributed by atoms with van der Waals surface area (Å²) in [7, 11) is 0. The maximum absolute atomic E-state index is 14.7. The fourth-order valence-corrected chi connectivity index (χ4v) is 9.81. The fraction of sp³-hybridized carbons (Fsp3) is 0.308. The van der Waals surface area contributed by atoms with Crippen molar-refractivity contribution in [3.8, 4) is 0 Å². The number of fused-ring (bicyclic) bond motifs is 4. The Morgan fingerprint density at radius 2 is 1.17 bits per heavy atom. The van der Waals surface area contributed by atoms with Crippen LogP contribution in [0.3, 0.4) is 0 Å². The predicted octanol–water partition coefficient (Wildman–Crippen LogP) is 7.63. The summed E-state index contributed by atoms with van der Waals surface area (Å²) < 4.78 is 39.9. The van der Waals surface area contributed by atoms with Gasteiger partial charge in [0.05, 0.1) is 45.5 Å². The van der Waals surface area contributed by atoms with E-state index in [0.717, 1.165) is 65.9 Å². The van der Waals surface area contributed by atoms with E-state index in [1.807, 2.05) is 24.3 Å². The Kier molecular flexibility index (Phi) is 19.0. The van der Waals surface area contributed by atoms with E-state index in [2.05, 4.69) is 57.6 Å². The first-order valence-corrected chi connectivity index (χ1v) is 25.7. The molecule has 2 saturated heterocycles. The molecule has 392 valence electrons. The normalized spacial score (nSPS) is 17.9. The van der Waals surface area contributed by atoms with Gasteiger partial charge in [0.2, 0.25) is 0 Å². The second-order valence-corrected chi connectivity index (χ2v) is 19.3. The molecule has 0 saturated carbocycles. The van der Waals surface area contributed by atoms with Crippen LogP contribution in [-0.2, 0) is 35.2 Å². The molecule has 4 atom stereocenters. The number of hydrogen-bond donors (Lipinski definition) is 9. The minimum absolute atomic E-state index is 0.0301. The molecule has 0 radical (unpaired) electrons. The Labute approximate surface area is 452 Å². The summed E-state index contributed by atoms with van der Waals surface area (Å²) in [5, 5.41) is 19.2. The molecule has 10 rings (SSSR count). The summed E-state index contributed by atoms with van der Waals surface area (Å²) in [4.78, 5) is 40.2. The van der Waals surface area contributed by atoms with E-state index in [1.54, 1.807) is 36.9 Å². The molecule has 0 bridgehead atoms. The zero-order valence-electron chi connectivity index (χ0n) is 40.3. The molecule has 17 nitrogen and oxygen atoms in total. The number of nitrogens with one attached hydrogen (secondary N) is 7. The molecule has 4 aromatic heterocycles. The number of benzene rings is 2. The highest BCUT2D eigenvalue weighted by atomic mass is 35.5. The third-order valence-corrected chi connectivity index (χ3v) is 13.9. The van der Waals surface area contributed by atoms with E-state index in [-0.39, 0.29) is 55.3 Å². The van der Waals surface area contributed by atoms with Crippen molar-refractivity contribution < 1.29 is 33.0 Å². The van der Waals surface area contributed by atoms with E-state index in [9.17, 15) is 18.4 Å². The van der Waals surface area contributed by atoms with Crippen molar-refractivity contribution in [3.05, 3.63) is 175 Å². The van der Waals surface area contributed by atoms with Gasteiger partial charge < -0.3 is 36.3 Å². The zero-order valence-corrected chi connectivity index (χ0v) is 43.5. The quantitative estimate of drug-likeness (QED) is 0.0448. The van der Waals surface area contributed by atoms with Gasteiger partial charge in [-0.1, -0.05) is 47.5 Å². The van der Waals surface area contributed by atoms with Gasteiger partial charge in [-0.05, 0) is 146 Å². The molecule has 2 aliphatic carbocycles. The number of carbonyl (C=O) groups excluding carboxylic acids is 1. The molecule has 6 heterocycles. The minimum atomic E-state index is -1.13. The number of ether oxygens (including phenoxy) is 2. The molecule has 75 heavy (non-hydrogen) atoms. The van der Waals surface area contributed by atoms with Crippen LogP contribution in [0.2, 0.25) is 10.0 Å². The monoisotopic (exact) mass is 1100 g/mol. The molecular formula is C52H54Cl2F2N12O5S2. The van der Waals surface area contributed by atoms with Crippen molar-refractivity contribution in [2.75, 3.05) is 37.2 Å². The highest BCUT2D eigenvalue weighted by Crippen LogP contribution is 2.35. The van der Waals surface area contributed by atoms with Gasteiger partial charge in [-0.2, -0.15) is 0 Å². The molecule has 2 unspecified atom stereocenters. The lowest BCUT2D eigenvalue weighted by atomic mass is 9.96. The number of aryl methyl sites for hydroxylation is 2. The molecule has 2 fully saturated rings. The predicted molar refractivity (Wildman–Crippen MR) is 290 cm³/mol. The number of carboxylic acids is 1. The van der Waals surface area contributed by atoms with Crippen LogP contribution in [0.4, 0.5) is 20.4 Å². The van der Waals surface area contributed by atoms with Crippen molar-refractivity contribution >= 4 is 81.4 Å². The second kappa shape index (κ2) is 26.2. The molecular weight excluding hydrogens is 1050 g/mol. The van der Waals surface area contributed by atoms with Crippen molar-refractivity contribution in [2.45, 2.75) is 75.7 Å². The lowest BCUT2D eigenvalue weighted by molar-refractivity contribution is 0.0696. The highest BCUT2D eigenvalue weighted by molar-refractivity contribution is 7.80. The van der Waals surface area contributed by atoms with E-state index >= 15 is 0 Å².